The number of nitrogens with one attached hydrogen (secondary N) is 1. The lowest BCUT2D eigenvalue weighted by atomic mass is 9.94. The van der Waals surface area contributed by atoms with E-state index in [9.17, 15) is 14.9 Å². The lowest BCUT2D eigenvalue weighted by Crippen LogP contribution is -2.41. The molecular formula is C15H21N3O3. The maximum atomic E-state index is 12.2. The Labute approximate surface area is 123 Å². The van der Waals surface area contributed by atoms with Crippen LogP contribution in [-0.2, 0) is 11.3 Å². The van der Waals surface area contributed by atoms with E-state index in [4.69, 9.17) is 5.73 Å². The van der Waals surface area contributed by atoms with Crippen molar-refractivity contribution in [3.8, 4) is 0 Å². The van der Waals surface area contributed by atoms with Crippen molar-refractivity contribution in [2.45, 2.75) is 44.7 Å². The van der Waals surface area contributed by atoms with Crippen molar-refractivity contribution >= 4 is 11.6 Å². The van der Waals surface area contributed by atoms with E-state index in [0.29, 0.717) is 6.54 Å². The molecule has 1 amide bonds. The molecular weight excluding hydrogens is 270 g/mol. The van der Waals surface area contributed by atoms with E-state index in [1.165, 1.54) is 12.1 Å². The highest BCUT2D eigenvalue weighted by atomic mass is 16.6. The number of nitrogens with two attached hydrogens (primary N) is 1. The SMILES string of the molecule is NC1CCCCCC1C(=O)NCc1cccc([N+](=O)[O-])c1. The van der Waals surface area contributed by atoms with Crippen LogP contribution in [0.25, 0.3) is 0 Å². The van der Waals surface area contributed by atoms with E-state index in [1.54, 1.807) is 12.1 Å². The fourth-order valence-electron chi connectivity index (χ4n) is 2.76. The molecule has 21 heavy (non-hydrogen) atoms. The summed E-state index contributed by atoms with van der Waals surface area (Å²) in [5.74, 6) is -0.192. The lowest BCUT2D eigenvalue weighted by molar-refractivity contribution is -0.384. The Hall–Kier alpha value is -1.95. The number of benzene rings is 1. The molecule has 6 heteroatoms. The fraction of sp³-hybridized carbons (Fsp3) is 0.533. The van der Waals surface area contributed by atoms with E-state index < -0.39 is 4.92 Å². The van der Waals surface area contributed by atoms with Crippen LogP contribution in [0.15, 0.2) is 24.3 Å². The van der Waals surface area contributed by atoms with Gasteiger partial charge in [-0.2, -0.15) is 0 Å². The van der Waals surface area contributed by atoms with Gasteiger partial charge in [0.05, 0.1) is 10.8 Å². The smallest absolute Gasteiger partial charge is 0.269 e. The number of hydrogen-bond acceptors (Lipinski definition) is 4. The van der Waals surface area contributed by atoms with Gasteiger partial charge in [-0.05, 0) is 18.4 Å². The third-order valence-corrected chi connectivity index (χ3v) is 3.99. The number of carbonyl (C=O) groups is 1. The van der Waals surface area contributed by atoms with Crippen molar-refractivity contribution in [2.75, 3.05) is 0 Å². The summed E-state index contributed by atoms with van der Waals surface area (Å²) in [6.45, 7) is 0.295. The van der Waals surface area contributed by atoms with Gasteiger partial charge < -0.3 is 11.1 Å². The van der Waals surface area contributed by atoms with Gasteiger partial charge in [-0.25, -0.2) is 0 Å². The highest BCUT2D eigenvalue weighted by Crippen LogP contribution is 2.22. The molecule has 2 rings (SSSR count). The van der Waals surface area contributed by atoms with E-state index in [1.807, 2.05) is 0 Å². The molecule has 6 nitrogen and oxygen atoms in total. The topological polar surface area (TPSA) is 98.3 Å². The van der Waals surface area contributed by atoms with E-state index in [0.717, 1.165) is 37.7 Å². The zero-order valence-electron chi connectivity index (χ0n) is 12.0. The van der Waals surface area contributed by atoms with Gasteiger partial charge in [0.2, 0.25) is 5.91 Å². The first-order valence-electron chi connectivity index (χ1n) is 7.34. The Morgan fingerprint density at radius 2 is 2.10 bits per heavy atom. The predicted octanol–water partition coefficient (Wildman–Crippen LogP) is 2.12. The molecule has 0 bridgehead atoms. The summed E-state index contributed by atoms with van der Waals surface area (Å²) in [6.07, 6.45) is 4.94. The van der Waals surface area contributed by atoms with Gasteiger partial charge in [0, 0.05) is 24.7 Å². The Morgan fingerprint density at radius 3 is 2.86 bits per heavy atom. The van der Waals surface area contributed by atoms with Crippen molar-refractivity contribution in [2.24, 2.45) is 11.7 Å². The minimum atomic E-state index is -0.438. The molecule has 2 atom stereocenters. The highest BCUT2D eigenvalue weighted by Gasteiger charge is 2.26. The van der Waals surface area contributed by atoms with Crippen molar-refractivity contribution < 1.29 is 9.72 Å². The Kier molecular flexibility index (Phi) is 5.27. The number of nitro benzene ring substituents is 1. The average Bonchev–Trinajstić information content (AvgIpc) is 2.69. The molecule has 1 fully saturated rings. The van der Waals surface area contributed by atoms with Crippen LogP contribution >= 0.6 is 0 Å². The molecule has 0 heterocycles. The molecule has 0 aliphatic heterocycles. The quantitative estimate of drug-likeness (QED) is 0.504. The normalized spacial score (nSPS) is 22.3. The summed E-state index contributed by atoms with van der Waals surface area (Å²) in [4.78, 5) is 22.5. The van der Waals surface area contributed by atoms with Crippen LogP contribution in [0.2, 0.25) is 0 Å². The molecule has 1 aliphatic carbocycles. The summed E-state index contributed by atoms with van der Waals surface area (Å²) in [5, 5.41) is 13.6. The standard InChI is InChI=1S/C15H21N3O3/c16-14-8-3-1-2-7-13(14)15(19)17-10-11-5-4-6-12(9-11)18(20)21/h4-6,9,13-14H,1-3,7-8,10,16H2,(H,17,19). The molecule has 1 aromatic rings. The maximum absolute atomic E-state index is 12.2. The molecule has 0 saturated heterocycles. The summed E-state index contributed by atoms with van der Waals surface area (Å²) < 4.78 is 0. The van der Waals surface area contributed by atoms with E-state index >= 15 is 0 Å². The first kappa shape index (κ1) is 15.4. The largest absolute Gasteiger partial charge is 0.352 e. The number of nitro groups is 1. The Bertz CT molecular complexity index is 519. The molecule has 0 spiro atoms. The van der Waals surface area contributed by atoms with Gasteiger partial charge in [0.25, 0.3) is 5.69 Å². The lowest BCUT2D eigenvalue weighted by Gasteiger charge is -2.20. The van der Waals surface area contributed by atoms with Gasteiger partial charge in [-0.1, -0.05) is 31.4 Å². The van der Waals surface area contributed by atoms with Crippen LogP contribution in [0.5, 0.6) is 0 Å². The van der Waals surface area contributed by atoms with Gasteiger partial charge in [0.15, 0.2) is 0 Å². The van der Waals surface area contributed by atoms with Gasteiger partial charge in [0.1, 0.15) is 0 Å². The second kappa shape index (κ2) is 7.17. The zero-order chi connectivity index (χ0) is 15.2. The molecule has 0 radical (unpaired) electrons. The van der Waals surface area contributed by atoms with Crippen LogP contribution in [-0.4, -0.2) is 16.9 Å². The number of rotatable bonds is 4. The summed E-state index contributed by atoms with van der Waals surface area (Å²) in [5.41, 5.74) is 6.82. The Balaban J connectivity index is 1.94. The third kappa shape index (κ3) is 4.26. The van der Waals surface area contributed by atoms with Crippen LogP contribution < -0.4 is 11.1 Å². The van der Waals surface area contributed by atoms with Gasteiger partial charge >= 0.3 is 0 Å². The van der Waals surface area contributed by atoms with Crippen LogP contribution in [0, 0.1) is 16.0 Å². The van der Waals surface area contributed by atoms with Crippen LogP contribution in [0.4, 0.5) is 5.69 Å². The minimum Gasteiger partial charge on any atom is -0.352 e. The van der Waals surface area contributed by atoms with Crippen LogP contribution in [0.1, 0.15) is 37.7 Å². The number of non-ortho nitro benzene ring substituents is 1. The maximum Gasteiger partial charge on any atom is 0.269 e. The number of amides is 1. The number of hydrogen-bond donors (Lipinski definition) is 2. The highest BCUT2D eigenvalue weighted by molar-refractivity contribution is 5.79. The monoisotopic (exact) mass is 291 g/mol. The van der Waals surface area contributed by atoms with E-state index in [2.05, 4.69) is 5.32 Å². The first-order chi connectivity index (χ1) is 10.1. The molecule has 3 N–H and O–H groups in total. The fourth-order valence-corrected chi connectivity index (χ4v) is 2.76. The second-order valence-electron chi connectivity index (χ2n) is 5.55. The molecule has 1 saturated carbocycles. The van der Waals surface area contributed by atoms with Crippen molar-refractivity contribution in [1.29, 1.82) is 0 Å². The Morgan fingerprint density at radius 1 is 1.33 bits per heavy atom. The molecule has 0 aromatic heterocycles. The predicted molar refractivity (Wildman–Crippen MR) is 79.5 cm³/mol. The van der Waals surface area contributed by atoms with Crippen molar-refractivity contribution in [1.82, 2.24) is 5.32 Å². The van der Waals surface area contributed by atoms with Gasteiger partial charge in [-0.15, -0.1) is 0 Å². The van der Waals surface area contributed by atoms with Crippen molar-refractivity contribution in [3.05, 3.63) is 39.9 Å². The van der Waals surface area contributed by atoms with E-state index in [-0.39, 0.29) is 23.6 Å². The molecule has 1 aromatic carbocycles. The summed E-state index contributed by atoms with van der Waals surface area (Å²) in [6, 6.07) is 6.22. The zero-order valence-corrected chi connectivity index (χ0v) is 12.0. The molecule has 114 valence electrons. The minimum absolute atomic E-state index is 0.0351. The second-order valence-corrected chi connectivity index (χ2v) is 5.55. The molecule has 1 aliphatic rings. The third-order valence-electron chi connectivity index (χ3n) is 3.99. The summed E-state index contributed by atoms with van der Waals surface area (Å²) >= 11 is 0. The first-order valence-corrected chi connectivity index (χ1v) is 7.34. The molecule has 2 unspecified atom stereocenters. The number of nitrogens with zero attached hydrogens (tertiary/aromatic N) is 1. The van der Waals surface area contributed by atoms with Crippen molar-refractivity contribution in [3.63, 3.8) is 0 Å². The van der Waals surface area contributed by atoms with Gasteiger partial charge in [-0.3, -0.25) is 14.9 Å². The average molecular weight is 291 g/mol. The van der Waals surface area contributed by atoms with Crippen LogP contribution in [0.3, 0.4) is 0 Å². The summed E-state index contributed by atoms with van der Waals surface area (Å²) in [7, 11) is 0. The number of carbonyl (C=O) groups excluding carboxylic acids is 1.